The monoisotopic (exact) mass is 423 g/mol. The van der Waals surface area contributed by atoms with Crippen LogP contribution in [-0.2, 0) is 9.59 Å². The third-order valence-electron chi connectivity index (χ3n) is 6.05. The van der Waals surface area contributed by atoms with Crippen LogP contribution in [0.4, 0.5) is 0 Å². The van der Waals surface area contributed by atoms with Crippen molar-refractivity contribution in [2.24, 2.45) is 11.3 Å². The van der Waals surface area contributed by atoms with E-state index in [1.54, 1.807) is 0 Å². The van der Waals surface area contributed by atoms with E-state index in [0.717, 1.165) is 43.7 Å². The summed E-state index contributed by atoms with van der Waals surface area (Å²) in [5.41, 5.74) is 1.31. The fraction of sp³-hybridized carbons (Fsp3) is 0.636. The second kappa shape index (κ2) is 10.8. The molecule has 6 nitrogen and oxygen atoms in total. The molecule has 3 N–H and O–H groups in total. The van der Waals surface area contributed by atoms with Crippen molar-refractivity contribution in [2.75, 3.05) is 26.2 Å². The second-order valence-corrected chi connectivity index (χ2v) is 8.05. The maximum absolute atomic E-state index is 12.3. The summed E-state index contributed by atoms with van der Waals surface area (Å²) in [5.74, 6) is 1.20. The number of rotatable bonds is 9. The Morgan fingerprint density at radius 1 is 1.24 bits per heavy atom. The van der Waals surface area contributed by atoms with Gasteiger partial charge in [-0.1, -0.05) is 12.1 Å². The van der Waals surface area contributed by atoms with E-state index in [0.29, 0.717) is 26.0 Å². The number of benzene rings is 1. The number of hydrogen-bond donors (Lipinski definition) is 3. The van der Waals surface area contributed by atoms with Gasteiger partial charge in [-0.3, -0.25) is 9.59 Å². The van der Waals surface area contributed by atoms with Gasteiger partial charge in [-0.15, -0.1) is 12.4 Å². The molecule has 2 atom stereocenters. The molecule has 2 fully saturated rings. The van der Waals surface area contributed by atoms with Crippen LogP contribution in [0.1, 0.15) is 57.6 Å². The molecule has 1 aliphatic carbocycles. The minimum absolute atomic E-state index is 0. The number of piperidine rings is 1. The minimum atomic E-state index is -0.0519. The summed E-state index contributed by atoms with van der Waals surface area (Å²) in [7, 11) is 0. The Morgan fingerprint density at radius 2 is 1.93 bits per heavy atom. The van der Waals surface area contributed by atoms with Gasteiger partial charge in [0.1, 0.15) is 5.75 Å². The van der Waals surface area contributed by atoms with Gasteiger partial charge in [-0.25, -0.2) is 0 Å². The van der Waals surface area contributed by atoms with Crippen molar-refractivity contribution in [3.63, 3.8) is 0 Å². The highest BCUT2D eigenvalue weighted by molar-refractivity contribution is 5.85. The van der Waals surface area contributed by atoms with Crippen molar-refractivity contribution < 1.29 is 14.3 Å². The highest BCUT2D eigenvalue weighted by atomic mass is 35.5. The van der Waals surface area contributed by atoms with Crippen LogP contribution in [0.25, 0.3) is 0 Å². The van der Waals surface area contributed by atoms with Gasteiger partial charge in [0.25, 0.3) is 0 Å². The van der Waals surface area contributed by atoms with E-state index < -0.39 is 0 Å². The first-order valence-electron chi connectivity index (χ1n) is 10.5. The number of nitrogens with one attached hydrogen (secondary N) is 3. The fourth-order valence-corrected chi connectivity index (χ4v) is 4.20. The normalized spacial score (nSPS) is 20.3. The first-order chi connectivity index (χ1) is 13.5. The summed E-state index contributed by atoms with van der Waals surface area (Å²) < 4.78 is 5.44. The molecule has 1 saturated carbocycles. The van der Waals surface area contributed by atoms with Gasteiger partial charge in [0.05, 0.1) is 12.6 Å². The summed E-state index contributed by atoms with van der Waals surface area (Å²) in [6.07, 6.45) is 4.32. The van der Waals surface area contributed by atoms with Crippen molar-refractivity contribution >= 4 is 24.2 Å². The molecule has 3 rings (SSSR count). The first kappa shape index (κ1) is 23.5. The van der Waals surface area contributed by atoms with Crippen LogP contribution in [0.3, 0.4) is 0 Å². The Bertz CT molecular complexity index is 674. The van der Waals surface area contributed by atoms with E-state index in [2.05, 4.69) is 16.0 Å². The average Bonchev–Trinajstić information content (AvgIpc) is 3.39. The quantitative estimate of drug-likeness (QED) is 0.533. The summed E-state index contributed by atoms with van der Waals surface area (Å²) in [6, 6.07) is 7.74. The minimum Gasteiger partial charge on any atom is -0.494 e. The van der Waals surface area contributed by atoms with Crippen LogP contribution < -0.4 is 20.7 Å². The third-order valence-corrected chi connectivity index (χ3v) is 6.05. The van der Waals surface area contributed by atoms with Crippen LogP contribution in [0, 0.1) is 11.3 Å². The van der Waals surface area contributed by atoms with Gasteiger partial charge in [-0.05, 0) is 75.7 Å². The zero-order valence-electron chi connectivity index (χ0n) is 17.5. The van der Waals surface area contributed by atoms with E-state index in [-0.39, 0.29) is 41.6 Å². The highest BCUT2D eigenvalue weighted by Gasteiger charge is 2.57. The Balaban J connectivity index is 0.00000300. The van der Waals surface area contributed by atoms with Crippen LogP contribution in [0.2, 0.25) is 0 Å². The molecule has 0 radical (unpaired) electrons. The van der Waals surface area contributed by atoms with Crippen molar-refractivity contribution in [3.05, 3.63) is 29.8 Å². The van der Waals surface area contributed by atoms with Gasteiger partial charge in [0.15, 0.2) is 0 Å². The molecular formula is C22H34ClN3O3. The number of carbonyl (C=O) groups is 2. The zero-order valence-corrected chi connectivity index (χ0v) is 18.3. The lowest BCUT2D eigenvalue weighted by molar-refractivity contribution is -0.124. The van der Waals surface area contributed by atoms with Gasteiger partial charge in [-0.2, -0.15) is 0 Å². The molecule has 1 saturated heterocycles. The Kier molecular flexibility index (Phi) is 8.78. The van der Waals surface area contributed by atoms with Crippen molar-refractivity contribution in [1.29, 1.82) is 0 Å². The predicted octanol–water partition coefficient (Wildman–Crippen LogP) is 2.97. The average molecular weight is 424 g/mol. The first-order valence-corrected chi connectivity index (χ1v) is 10.5. The lowest BCUT2D eigenvalue weighted by atomic mass is 9.92. The predicted molar refractivity (Wildman–Crippen MR) is 116 cm³/mol. The molecule has 2 aliphatic rings. The Morgan fingerprint density at radius 3 is 2.59 bits per heavy atom. The Labute approximate surface area is 179 Å². The standard InChI is InChI=1S/C22H33N3O3.ClH/c1-3-28-18-8-6-17(7-9-18)16(2)25-20(26)5-4-12-24-21(27)19-15-22(19)10-13-23-14-11-22;/h6-9,16,19,23H,3-5,10-15H2,1-2H3,(H,24,27)(H,25,26);1H. The number of ether oxygens (including phenoxy) is 1. The fourth-order valence-electron chi connectivity index (χ4n) is 4.20. The van der Waals surface area contributed by atoms with Gasteiger partial charge in [0.2, 0.25) is 11.8 Å². The number of hydrogen-bond acceptors (Lipinski definition) is 4. The van der Waals surface area contributed by atoms with Gasteiger partial charge < -0.3 is 20.7 Å². The van der Waals surface area contributed by atoms with Crippen LogP contribution in [0.5, 0.6) is 5.75 Å². The van der Waals surface area contributed by atoms with Gasteiger partial charge >= 0.3 is 0 Å². The van der Waals surface area contributed by atoms with E-state index in [1.807, 2.05) is 38.1 Å². The highest BCUT2D eigenvalue weighted by Crippen LogP contribution is 2.58. The SMILES string of the molecule is CCOc1ccc(C(C)NC(=O)CCCNC(=O)C2CC23CCNCC3)cc1.Cl. The molecule has 0 aromatic heterocycles. The molecule has 2 amide bonds. The summed E-state index contributed by atoms with van der Waals surface area (Å²) >= 11 is 0. The van der Waals surface area contributed by atoms with Crippen LogP contribution >= 0.6 is 12.4 Å². The molecule has 0 bridgehead atoms. The molecule has 1 aromatic carbocycles. The second-order valence-electron chi connectivity index (χ2n) is 8.05. The number of amides is 2. The maximum Gasteiger partial charge on any atom is 0.223 e. The molecule has 1 heterocycles. The van der Waals surface area contributed by atoms with E-state index in [1.165, 1.54) is 0 Å². The summed E-state index contributed by atoms with van der Waals surface area (Å²) in [6.45, 7) is 7.18. The zero-order chi connectivity index (χ0) is 20.0. The molecule has 29 heavy (non-hydrogen) atoms. The molecule has 1 spiro atoms. The van der Waals surface area contributed by atoms with Crippen molar-refractivity contribution in [1.82, 2.24) is 16.0 Å². The van der Waals surface area contributed by atoms with E-state index in [9.17, 15) is 9.59 Å². The molecule has 1 aromatic rings. The molecule has 2 unspecified atom stereocenters. The van der Waals surface area contributed by atoms with E-state index >= 15 is 0 Å². The molecular weight excluding hydrogens is 390 g/mol. The summed E-state index contributed by atoms with van der Waals surface area (Å²) in [5, 5.41) is 9.40. The molecule has 162 valence electrons. The topological polar surface area (TPSA) is 79.5 Å². The number of halogens is 1. The van der Waals surface area contributed by atoms with Crippen molar-refractivity contribution in [2.45, 2.75) is 52.0 Å². The largest absolute Gasteiger partial charge is 0.494 e. The molecule has 7 heteroatoms. The maximum atomic E-state index is 12.3. The number of carbonyl (C=O) groups excluding carboxylic acids is 2. The van der Waals surface area contributed by atoms with E-state index in [4.69, 9.17) is 4.74 Å². The smallest absolute Gasteiger partial charge is 0.223 e. The van der Waals surface area contributed by atoms with Crippen molar-refractivity contribution in [3.8, 4) is 5.75 Å². The lowest BCUT2D eigenvalue weighted by Gasteiger charge is -2.23. The van der Waals surface area contributed by atoms with Gasteiger partial charge in [0, 0.05) is 18.9 Å². The Hall–Kier alpha value is -1.79. The molecule has 1 aliphatic heterocycles. The summed E-state index contributed by atoms with van der Waals surface area (Å²) in [4.78, 5) is 24.5. The van der Waals surface area contributed by atoms with Crippen LogP contribution in [0.15, 0.2) is 24.3 Å². The third kappa shape index (κ3) is 6.34. The lowest BCUT2D eigenvalue weighted by Crippen LogP contribution is -2.34. The van der Waals surface area contributed by atoms with Crippen LogP contribution in [-0.4, -0.2) is 38.1 Å².